The van der Waals surface area contributed by atoms with Crippen molar-refractivity contribution < 1.29 is 23.9 Å². The normalized spacial score (nSPS) is 15.9. The molecule has 3 rings (SSSR count). The maximum absolute atomic E-state index is 12.5. The summed E-state index contributed by atoms with van der Waals surface area (Å²) in [6.45, 7) is 4.01. The highest BCUT2D eigenvalue weighted by Gasteiger charge is 2.30. The number of anilines is 1. The van der Waals surface area contributed by atoms with E-state index in [1.165, 1.54) is 6.20 Å². The number of esters is 1. The van der Waals surface area contributed by atoms with E-state index >= 15 is 0 Å². The third-order valence-electron chi connectivity index (χ3n) is 4.14. The third kappa shape index (κ3) is 3.96. The first-order chi connectivity index (χ1) is 13.0. The summed E-state index contributed by atoms with van der Waals surface area (Å²) in [5.74, 6) is -0.949. The van der Waals surface area contributed by atoms with E-state index in [1.54, 1.807) is 55.5 Å². The molecule has 0 saturated heterocycles. The lowest BCUT2D eigenvalue weighted by Crippen LogP contribution is -2.25. The van der Waals surface area contributed by atoms with Crippen molar-refractivity contribution >= 4 is 23.2 Å². The Morgan fingerprint density at radius 3 is 2.56 bits per heavy atom. The molecule has 1 aliphatic rings. The molecule has 0 radical (unpaired) electrons. The zero-order chi connectivity index (χ0) is 19.4. The predicted octanol–water partition coefficient (Wildman–Crippen LogP) is 3.39. The number of carbonyl (C=O) groups excluding carboxylic acids is 3. The van der Waals surface area contributed by atoms with Gasteiger partial charge in [0.15, 0.2) is 5.78 Å². The van der Waals surface area contributed by atoms with Crippen LogP contribution in [0.4, 0.5) is 5.69 Å². The smallest absolute Gasteiger partial charge is 0.349 e. The van der Waals surface area contributed by atoms with Crippen LogP contribution in [0.2, 0.25) is 0 Å². The van der Waals surface area contributed by atoms with Gasteiger partial charge in [0, 0.05) is 24.1 Å². The van der Waals surface area contributed by atoms with Gasteiger partial charge in [-0.1, -0.05) is 12.1 Å². The van der Waals surface area contributed by atoms with E-state index in [2.05, 4.69) is 5.32 Å². The Balaban J connectivity index is 1.74. The monoisotopic (exact) mass is 365 g/mol. The Morgan fingerprint density at radius 2 is 1.85 bits per heavy atom. The van der Waals surface area contributed by atoms with Crippen LogP contribution in [0.1, 0.15) is 34.6 Å². The van der Waals surface area contributed by atoms with Crippen molar-refractivity contribution in [2.45, 2.75) is 20.0 Å². The predicted molar refractivity (Wildman–Crippen MR) is 100.0 cm³/mol. The molecule has 1 atom stereocenters. The molecule has 0 saturated carbocycles. The first-order valence-corrected chi connectivity index (χ1v) is 8.59. The van der Waals surface area contributed by atoms with Gasteiger partial charge in [0.25, 0.3) is 0 Å². The summed E-state index contributed by atoms with van der Waals surface area (Å²) in [6, 6.07) is 13.3. The van der Waals surface area contributed by atoms with E-state index in [4.69, 9.17) is 9.47 Å². The van der Waals surface area contributed by atoms with Crippen LogP contribution in [0.3, 0.4) is 0 Å². The fraction of sp³-hybridized carbons (Fsp3) is 0.190. The molecule has 0 bridgehead atoms. The van der Waals surface area contributed by atoms with E-state index in [1.807, 2.05) is 6.92 Å². The van der Waals surface area contributed by atoms with Crippen molar-refractivity contribution in [1.82, 2.24) is 0 Å². The zero-order valence-electron chi connectivity index (χ0n) is 15.0. The number of hydrogen-bond donors (Lipinski definition) is 1. The van der Waals surface area contributed by atoms with Gasteiger partial charge in [0.1, 0.15) is 17.4 Å². The fourth-order valence-electron chi connectivity index (χ4n) is 2.71. The third-order valence-corrected chi connectivity index (χ3v) is 4.14. The Morgan fingerprint density at radius 1 is 1.15 bits per heavy atom. The molecule has 2 aromatic rings. The number of rotatable bonds is 6. The van der Waals surface area contributed by atoms with E-state index in [0.29, 0.717) is 23.4 Å². The number of carbonyl (C=O) groups is 3. The minimum atomic E-state index is -0.705. The minimum absolute atomic E-state index is 0.0844. The van der Waals surface area contributed by atoms with E-state index in [-0.39, 0.29) is 17.1 Å². The summed E-state index contributed by atoms with van der Waals surface area (Å²) in [7, 11) is 0. The molecule has 0 aromatic heterocycles. The number of para-hydroxylation sites is 1. The van der Waals surface area contributed by atoms with Gasteiger partial charge in [-0.25, -0.2) is 4.79 Å². The quantitative estimate of drug-likeness (QED) is 0.278. The Labute approximate surface area is 156 Å². The van der Waals surface area contributed by atoms with Crippen molar-refractivity contribution in [1.29, 1.82) is 0 Å². The number of benzene rings is 2. The Kier molecular flexibility index (Phi) is 5.47. The summed E-state index contributed by atoms with van der Waals surface area (Å²) in [6.07, 6.45) is 0.811. The van der Waals surface area contributed by atoms with Crippen LogP contribution in [-0.4, -0.2) is 30.2 Å². The van der Waals surface area contributed by atoms with E-state index < -0.39 is 17.9 Å². The topological polar surface area (TPSA) is 81.7 Å². The summed E-state index contributed by atoms with van der Waals surface area (Å²) < 4.78 is 10.5. The minimum Gasteiger partial charge on any atom is -0.422 e. The van der Waals surface area contributed by atoms with Crippen LogP contribution in [0.15, 0.2) is 60.3 Å². The second-order valence-electron chi connectivity index (χ2n) is 5.96. The van der Waals surface area contributed by atoms with Crippen LogP contribution in [0.25, 0.3) is 0 Å². The molecule has 1 heterocycles. The van der Waals surface area contributed by atoms with Gasteiger partial charge in [-0.3, -0.25) is 9.59 Å². The molecule has 6 nitrogen and oxygen atoms in total. The largest absolute Gasteiger partial charge is 0.422 e. The highest BCUT2D eigenvalue weighted by atomic mass is 16.5. The Bertz CT molecular complexity index is 914. The SMILES string of the molecule is CCOC(C)C(=O)c1ccc(NC=C2C(=O)Oc3ccccc3C2=O)cc1. The summed E-state index contributed by atoms with van der Waals surface area (Å²) in [5, 5.41) is 2.90. The average molecular weight is 365 g/mol. The Hall–Kier alpha value is -3.25. The van der Waals surface area contributed by atoms with Gasteiger partial charge in [-0.15, -0.1) is 0 Å². The molecule has 0 spiro atoms. The van der Waals surface area contributed by atoms with Crippen LogP contribution in [0.5, 0.6) is 5.75 Å². The van der Waals surface area contributed by atoms with Crippen LogP contribution < -0.4 is 10.1 Å². The molecule has 0 aliphatic carbocycles. The zero-order valence-corrected chi connectivity index (χ0v) is 15.0. The molecular formula is C21H19NO5. The van der Waals surface area contributed by atoms with Gasteiger partial charge >= 0.3 is 5.97 Å². The van der Waals surface area contributed by atoms with Crippen LogP contribution in [-0.2, 0) is 9.53 Å². The van der Waals surface area contributed by atoms with Crippen molar-refractivity contribution in [2.75, 3.05) is 11.9 Å². The van der Waals surface area contributed by atoms with E-state index in [9.17, 15) is 14.4 Å². The number of nitrogens with one attached hydrogen (secondary N) is 1. The highest BCUT2D eigenvalue weighted by Crippen LogP contribution is 2.27. The second kappa shape index (κ2) is 7.97. The molecule has 0 amide bonds. The molecule has 6 heteroatoms. The number of Topliss-reactive ketones (excluding diaryl/α,β-unsaturated/α-hetero) is 2. The number of fused-ring (bicyclic) bond motifs is 1. The van der Waals surface area contributed by atoms with Gasteiger partial charge in [-0.2, -0.15) is 0 Å². The van der Waals surface area contributed by atoms with Gasteiger partial charge in [-0.05, 0) is 50.2 Å². The number of hydrogen-bond acceptors (Lipinski definition) is 6. The van der Waals surface area contributed by atoms with Crippen molar-refractivity contribution in [3.63, 3.8) is 0 Å². The summed E-state index contributed by atoms with van der Waals surface area (Å²) in [5.41, 5.74) is 1.41. The van der Waals surface area contributed by atoms with Crippen molar-refractivity contribution in [3.05, 3.63) is 71.4 Å². The number of ether oxygens (including phenoxy) is 2. The lowest BCUT2D eigenvalue weighted by Gasteiger charge is -2.16. The fourth-order valence-corrected chi connectivity index (χ4v) is 2.71. The second-order valence-corrected chi connectivity index (χ2v) is 5.96. The highest BCUT2D eigenvalue weighted by molar-refractivity contribution is 6.27. The first kappa shape index (κ1) is 18.5. The van der Waals surface area contributed by atoms with Gasteiger partial charge < -0.3 is 14.8 Å². The maximum atomic E-state index is 12.5. The van der Waals surface area contributed by atoms with E-state index in [0.717, 1.165) is 0 Å². The summed E-state index contributed by atoms with van der Waals surface area (Å²) in [4.78, 5) is 36.7. The molecule has 1 aliphatic heterocycles. The van der Waals surface area contributed by atoms with Crippen molar-refractivity contribution in [3.8, 4) is 5.75 Å². The molecule has 2 aromatic carbocycles. The van der Waals surface area contributed by atoms with Gasteiger partial charge in [0.05, 0.1) is 5.56 Å². The standard InChI is InChI=1S/C21H19NO5/c1-3-26-13(2)19(23)14-8-10-15(11-9-14)22-12-17-20(24)16-6-4-5-7-18(16)27-21(17)25/h4-13,22H,3H2,1-2H3. The summed E-state index contributed by atoms with van der Waals surface area (Å²) >= 11 is 0. The first-order valence-electron chi connectivity index (χ1n) is 8.59. The van der Waals surface area contributed by atoms with Crippen LogP contribution >= 0.6 is 0 Å². The average Bonchev–Trinajstić information content (AvgIpc) is 2.68. The molecule has 0 fully saturated rings. The number of ketones is 2. The van der Waals surface area contributed by atoms with Crippen LogP contribution in [0, 0.1) is 0 Å². The lowest BCUT2D eigenvalue weighted by molar-refractivity contribution is -0.130. The maximum Gasteiger partial charge on any atom is 0.349 e. The lowest BCUT2D eigenvalue weighted by atomic mass is 10.0. The molecule has 1 N–H and O–H groups in total. The molecular weight excluding hydrogens is 346 g/mol. The molecule has 1 unspecified atom stereocenters. The molecule has 27 heavy (non-hydrogen) atoms. The van der Waals surface area contributed by atoms with Gasteiger partial charge in [0.2, 0.25) is 5.78 Å². The molecule has 138 valence electrons. The van der Waals surface area contributed by atoms with Crippen molar-refractivity contribution in [2.24, 2.45) is 0 Å².